The van der Waals surface area contributed by atoms with Crippen molar-refractivity contribution in [2.75, 3.05) is 20.2 Å². The van der Waals surface area contributed by atoms with Gasteiger partial charge in [-0.2, -0.15) is 5.10 Å². The Kier molecular flexibility index (Phi) is 4.40. The maximum absolute atomic E-state index is 5.85. The number of aromatic nitrogens is 2. The number of hydrogen-bond donors (Lipinski definition) is 1. The molecular formula is C16H21N3O2. The number of hydrogen-bond acceptors (Lipinski definition) is 4. The van der Waals surface area contributed by atoms with Crippen molar-refractivity contribution in [3.05, 3.63) is 36.7 Å². The Balaban J connectivity index is 1.64. The molecule has 1 saturated heterocycles. The maximum atomic E-state index is 5.85. The van der Waals surface area contributed by atoms with Gasteiger partial charge >= 0.3 is 0 Å². The van der Waals surface area contributed by atoms with Crippen molar-refractivity contribution >= 4 is 0 Å². The molecule has 1 aliphatic rings. The van der Waals surface area contributed by atoms with Crippen LogP contribution in [0.4, 0.5) is 0 Å². The normalized spacial score (nSPS) is 18.4. The van der Waals surface area contributed by atoms with Crippen LogP contribution in [0.25, 0.3) is 0 Å². The molecule has 5 nitrogen and oxygen atoms in total. The lowest BCUT2D eigenvalue weighted by atomic mass is 10.00. The molecule has 1 aromatic heterocycles. The first-order chi connectivity index (χ1) is 10.3. The van der Waals surface area contributed by atoms with Gasteiger partial charge in [0.2, 0.25) is 0 Å². The molecule has 2 heterocycles. The number of methoxy groups -OCH3 is 1. The number of piperidine rings is 1. The Hall–Kier alpha value is -2.01. The molecule has 0 saturated carbocycles. The quantitative estimate of drug-likeness (QED) is 0.918. The average molecular weight is 287 g/mol. The lowest BCUT2D eigenvalue weighted by molar-refractivity contribution is 0.324. The van der Waals surface area contributed by atoms with Crippen molar-refractivity contribution in [2.45, 2.75) is 19.4 Å². The highest BCUT2D eigenvalue weighted by Gasteiger charge is 2.14. The minimum atomic E-state index is 0.651. The molecule has 2 aromatic rings. The van der Waals surface area contributed by atoms with Crippen LogP contribution in [0, 0.1) is 5.92 Å². The van der Waals surface area contributed by atoms with Crippen molar-refractivity contribution in [3.63, 3.8) is 0 Å². The van der Waals surface area contributed by atoms with E-state index in [1.54, 1.807) is 13.3 Å². The molecule has 1 N–H and O–H groups in total. The van der Waals surface area contributed by atoms with Crippen LogP contribution < -0.4 is 14.8 Å². The fraction of sp³-hybridized carbons (Fsp3) is 0.438. The number of para-hydroxylation sites is 2. The van der Waals surface area contributed by atoms with Gasteiger partial charge in [0.25, 0.3) is 0 Å². The summed E-state index contributed by atoms with van der Waals surface area (Å²) in [4.78, 5) is 0. The van der Waals surface area contributed by atoms with Gasteiger partial charge in [0.05, 0.1) is 19.5 Å². The second kappa shape index (κ2) is 6.63. The van der Waals surface area contributed by atoms with Gasteiger partial charge in [0.1, 0.15) is 0 Å². The van der Waals surface area contributed by atoms with Crippen LogP contribution >= 0.6 is 0 Å². The second-order valence-electron chi connectivity index (χ2n) is 5.36. The fourth-order valence-corrected chi connectivity index (χ4v) is 2.67. The minimum Gasteiger partial charge on any atom is -0.493 e. The summed E-state index contributed by atoms with van der Waals surface area (Å²) in [6.07, 6.45) is 6.20. The van der Waals surface area contributed by atoms with E-state index in [4.69, 9.17) is 9.47 Å². The molecule has 0 aliphatic carbocycles. The summed E-state index contributed by atoms with van der Waals surface area (Å²) in [5.41, 5.74) is 0. The maximum Gasteiger partial charge on any atom is 0.169 e. The van der Waals surface area contributed by atoms with E-state index in [2.05, 4.69) is 10.4 Å². The first-order valence-electron chi connectivity index (χ1n) is 7.39. The molecule has 0 spiro atoms. The fourth-order valence-electron chi connectivity index (χ4n) is 2.67. The van der Waals surface area contributed by atoms with Crippen molar-refractivity contribution in [2.24, 2.45) is 5.92 Å². The monoisotopic (exact) mass is 287 g/mol. The van der Waals surface area contributed by atoms with E-state index in [-0.39, 0.29) is 0 Å². The van der Waals surface area contributed by atoms with Crippen molar-refractivity contribution in [1.82, 2.24) is 15.1 Å². The Morgan fingerprint density at radius 3 is 2.95 bits per heavy atom. The number of benzene rings is 1. The van der Waals surface area contributed by atoms with Crippen LogP contribution in [-0.4, -0.2) is 30.0 Å². The highest BCUT2D eigenvalue weighted by Crippen LogP contribution is 2.30. The van der Waals surface area contributed by atoms with E-state index in [1.165, 1.54) is 12.8 Å². The standard InChI is InChI=1S/C16H21N3O2/c1-20-15-6-2-3-7-16(15)21-14-10-18-19(12-14)11-13-5-4-8-17-9-13/h2-3,6-7,10,12-13,17H,4-5,8-9,11H2,1H3. The van der Waals surface area contributed by atoms with E-state index in [0.29, 0.717) is 11.7 Å². The van der Waals surface area contributed by atoms with Gasteiger partial charge in [-0.3, -0.25) is 4.68 Å². The summed E-state index contributed by atoms with van der Waals surface area (Å²) in [6.45, 7) is 3.14. The van der Waals surface area contributed by atoms with E-state index in [1.807, 2.05) is 35.1 Å². The second-order valence-corrected chi connectivity index (χ2v) is 5.36. The van der Waals surface area contributed by atoms with Crippen molar-refractivity contribution < 1.29 is 9.47 Å². The average Bonchev–Trinajstić information content (AvgIpc) is 2.96. The van der Waals surface area contributed by atoms with Gasteiger partial charge in [0, 0.05) is 6.54 Å². The molecule has 0 radical (unpaired) electrons. The highest BCUT2D eigenvalue weighted by molar-refractivity contribution is 5.41. The van der Waals surface area contributed by atoms with Crippen LogP contribution in [0.15, 0.2) is 36.7 Å². The van der Waals surface area contributed by atoms with Gasteiger partial charge in [-0.05, 0) is 44.0 Å². The predicted octanol–water partition coefficient (Wildman–Crippen LogP) is 2.68. The zero-order chi connectivity index (χ0) is 14.5. The molecule has 112 valence electrons. The molecule has 1 aromatic carbocycles. The summed E-state index contributed by atoms with van der Waals surface area (Å²) < 4.78 is 13.1. The summed E-state index contributed by atoms with van der Waals surface area (Å²) in [5.74, 6) is 2.82. The third-order valence-corrected chi connectivity index (χ3v) is 3.75. The molecule has 0 bridgehead atoms. The largest absolute Gasteiger partial charge is 0.493 e. The topological polar surface area (TPSA) is 48.3 Å². The number of ether oxygens (including phenoxy) is 2. The van der Waals surface area contributed by atoms with Crippen molar-refractivity contribution in [1.29, 1.82) is 0 Å². The van der Waals surface area contributed by atoms with Gasteiger partial charge in [-0.15, -0.1) is 0 Å². The van der Waals surface area contributed by atoms with E-state index < -0.39 is 0 Å². The van der Waals surface area contributed by atoms with E-state index >= 15 is 0 Å². The number of nitrogens with zero attached hydrogens (tertiary/aromatic N) is 2. The zero-order valence-corrected chi connectivity index (χ0v) is 12.3. The Morgan fingerprint density at radius 1 is 1.33 bits per heavy atom. The third-order valence-electron chi connectivity index (χ3n) is 3.75. The van der Waals surface area contributed by atoms with Crippen LogP contribution in [0.1, 0.15) is 12.8 Å². The van der Waals surface area contributed by atoms with Crippen LogP contribution in [0.5, 0.6) is 17.2 Å². The SMILES string of the molecule is COc1ccccc1Oc1cnn(CC2CCCNC2)c1. The Bertz CT molecular complexity index is 576. The third kappa shape index (κ3) is 3.55. The summed E-state index contributed by atoms with van der Waals surface area (Å²) in [7, 11) is 1.64. The van der Waals surface area contributed by atoms with Crippen LogP contribution in [0.2, 0.25) is 0 Å². The lowest BCUT2D eigenvalue weighted by Gasteiger charge is -2.22. The molecule has 21 heavy (non-hydrogen) atoms. The summed E-state index contributed by atoms with van der Waals surface area (Å²) in [6, 6.07) is 7.62. The molecule has 1 aliphatic heterocycles. The Morgan fingerprint density at radius 2 is 2.19 bits per heavy atom. The minimum absolute atomic E-state index is 0.651. The van der Waals surface area contributed by atoms with Crippen LogP contribution in [0.3, 0.4) is 0 Å². The summed E-state index contributed by atoms with van der Waals surface area (Å²) in [5, 5.41) is 7.81. The predicted molar refractivity (Wildman–Crippen MR) is 80.9 cm³/mol. The zero-order valence-electron chi connectivity index (χ0n) is 12.3. The van der Waals surface area contributed by atoms with Crippen molar-refractivity contribution in [3.8, 4) is 17.2 Å². The van der Waals surface area contributed by atoms with Crippen LogP contribution in [-0.2, 0) is 6.54 Å². The lowest BCUT2D eigenvalue weighted by Crippen LogP contribution is -2.32. The number of nitrogens with one attached hydrogen (secondary N) is 1. The highest BCUT2D eigenvalue weighted by atomic mass is 16.5. The molecule has 5 heteroatoms. The van der Waals surface area contributed by atoms with E-state index in [0.717, 1.165) is 31.1 Å². The molecular weight excluding hydrogens is 266 g/mol. The van der Waals surface area contributed by atoms with Gasteiger partial charge in [-0.25, -0.2) is 0 Å². The first kappa shape index (κ1) is 13.9. The number of rotatable bonds is 5. The van der Waals surface area contributed by atoms with Gasteiger partial charge < -0.3 is 14.8 Å². The summed E-state index contributed by atoms with van der Waals surface area (Å²) >= 11 is 0. The molecule has 1 unspecified atom stereocenters. The molecule has 1 fully saturated rings. The molecule has 0 amide bonds. The molecule has 1 atom stereocenters. The van der Waals surface area contributed by atoms with Gasteiger partial charge in [-0.1, -0.05) is 12.1 Å². The van der Waals surface area contributed by atoms with E-state index in [9.17, 15) is 0 Å². The van der Waals surface area contributed by atoms with Gasteiger partial charge in [0.15, 0.2) is 17.2 Å². The molecule has 3 rings (SSSR count). The first-order valence-corrected chi connectivity index (χ1v) is 7.39. The Labute approximate surface area is 124 Å². The smallest absolute Gasteiger partial charge is 0.169 e.